The van der Waals surface area contributed by atoms with Crippen LogP contribution in [-0.2, 0) is 11.2 Å². The quantitative estimate of drug-likeness (QED) is 0.539. The predicted molar refractivity (Wildman–Crippen MR) is 114 cm³/mol. The number of aliphatic carboxylic acids is 1. The Bertz CT molecular complexity index is 941. The third-order valence-corrected chi connectivity index (χ3v) is 6.70. The van der Waals surface area contributed by atoms with E-state index in [0.717, 1.165) is 17.7 Å². The second-order valence-corrected chi connectivity index (χ2v) is 8.42. The first kappa shape index (κ1) is 20.2. The molecule has 3 rings (SSSR count). The maximum absolute atomic E-state index is 13.0. The number of para-hydroxylation sites is 1. The largest absolute Gasteiger partial charge is 0.477 e. The van der Waals surface area contributed by atoms with Gasteiger partial charge in [-0.3, -0.25) is 4.79 Å². The van der Waals surface area contributed by atoms with Crippen LogP contribution in [0.1, 0.15) is 41.9 Å². The molecule has 2 aromatic rings. The SMILES string of the molecule is CCc1ccccc1NC(=O)c1c(C)nsc1NC1(CC)NC=C(C(=O)O)S1. The van der Waals surface area contributed by atoms with Crippen molar-refractivity contribution in [3.05, 3.63) is 52.2 Å². The maximum atomic E-state index is 13.0. The average Bonchev–Trinajstić information content (AvgIpc) is 3.27. The van der Waals surface area contributed by atoms with Crippen molar-refractivity contribution < 1.29 is 14.7 Å². The summed E-state index contributed by atoms with van der Waals surface area (Å²) < 4.78 is 4.33. The number of rotatable bonds is 7. The summed E-state index contributed by atoms with van der Waals surface area (Å²) in [4.78, 5) is 23.8. The molecule has 1 aromatic carbocycles. The van der Waals surface area contributed by atoms with Gasteiger partial charge in [-0.15, -0.1) is 0 Å². The highest BCUT2D eigenvalue weighted by Crippen LogP contribution is 2.40. The summed E-state index contributed by atoms with van der Waals surface area (Å²) in [6, 6.07) is 7.69. The van der Waals surface area contributed by atoms with Crippen LogP contribution in [-0.4, -0.2) is 26.4 Å². The van der Waals surface area contributed by atoms with Gasteiger partial charge in [0.05, 0.1) is 11.3 Å². The normalized spacial score (nSPS) is 18.3. The molecule has 9 heteroatoms. The predicted octanol–water partition coefficient (Wildman–Crippen LogP) is 4.00. The van der Waals surface area contributed by atoms with Crippen LogP contribution < -0.4 is 16.0 Å². The van der Waals surface area contributed by atoms with E-state index in [0.29, 0.717) is 22.7 Å². The van der Waals surface area contributed by atoms with Crippen molar-refractivity contribution in [1.82, 2.24) is 9.69 Å². The van der Waals surface area contributed by atoms with Crippen molar-refractivity contribution in [2.75, 3.05) is 10.6 Å². The Morgan fingerprint density at radius 3 is 2.68 bits per heavy atom. The lowest BCUT2D eigenvalue weighted by molar-refractivity contribution is -0.131. The van der Waals surface area contributed by atoms with Crippen molar-refractivity contribution in [1.29, 1.82) is 0 Å². The number of carboxylic acids is 1. The lowest BCUT2D eigenvalue weighted by Crippen LogP contribution is -2.43. The smallest absolute Gasteiger partial charge is 0.343 e. The minimum Gasteiger partial charge on any atom is -0.477 e. The van der Waals surface area contributed by atoms with Gasteiger partial charge in [0.2, 0.25) is 0 Å². The number of hydrogen-bond acceptors (Lipinski definition) is 7. The van der Waals surface area contributed by atoms with E-state index in [1.165, 1.54) is 29.5 Å². The Balaban J connectivity index is 1.84. The van der Waals surface area contributed by atoms with Crippen LogP contribution in [0.5, 0.6) is 0 Å². The standard InChI is InChI=1S/C19H22N4O3S2/c1-4-12-8-6-7-9-13(12)21-16(24)15-11(3)23-28-17(15)22-19(5-2)20-10-14(27-19)18(25)26/h6-10,20,22H,4-5H2,1-3H3,(H,21,24)(H,25,26). The van der Waals surface area contributed by atoms with Gasteiger partial charge in [0, 0.05) is 11.9 Å². The van der Waals surface area contributed by atoms with Gasteiger partial charge < -0.3 is 21.1 Å². The number of carbonyl (C=O) groups is 2. The van der Waals surface area contributed by atoms with E-state index in [4.69, 9.17) is 0 Å². The first-order valence-electron chi connectivity index (χ1n) is 8.93. The number of carboxylic acid groups (broad SMARTS) is 1. The number of anilines is 2. The average molecular weight is 419 g/mol. The number of thioether (sulfide) groups is 1. The van der Waals surface area contributed by atoms with Crippen LogP contribution in [0.15, 0.2) is 35.4 Å². The van der Waals surface area contributed by atoms with Gasteiger partial charge in [-0.2, -0.15) is 4.37 Å². The molecule has 7 nitrogen and oxygen atoms in total. The summed E-state index contributed by atoms with van der Waals surface area (Å²) in [5.41, 5.74) is 2.93. The number of amides is 1. The maximum Gasteiger partial charge on any atom is 0.343 e. The van der Waals surface area contributed by atoms with Crippen LogP contribution in [0.4, 0.5) is 10.7 Å². The summed E-state index contributed by atoms with van der Waals surface area (Å²) in [7, 11) is 0. The van der Waals surface area contributed by atoms with E-state index in [-0.39, 0.29) is 10.8 Å². The van der Waals surface area contributed by atoms with Crippen molar-refractivity contribution >= 4 is 45.9 Å². The molecule has 0 radical (unpaired) electrons. The highest BCUT2D eigenvalue weighted by atomic mass is 32.2. The van der Waals surface area contributed by atoms with E-state index in [2.05, 4.69) is 20.3 Å². The van der Waals surface area contributed by atoms with Gasteiger partial charge in [-0.05, 0) is 42.9 Å². The Morgan fingerprint density at radius 1 is 1.29 bits per heavy atom. The van der Waals surface area contributed by atoms with E-state index >= 15 is 0 Å². The number of hydrogen-bond donors (Lipinski definition) is 4. The van der Waals surface area contributed by atoms with Gasteiger partial charge >= 0.3 is 5.97 Å². The van der Waals surface area contributed by atoms with E-state index in [9.17, 15) is 14.7 Å². The van der Waals surface area contributed by atoms with Crippen molar-refractivity contribution in [3.8, 4) is 0 Å². The minimum atomic E-state index is -0.982. The highest BCUT2D eigenvalue weighted by molar-refractivity contribution is 8.05. The first-order valence-corrected chi connectivity index (χ1v) is 10.5. The zero-order chi connectivity index (χ0) is 20.3. The fraction of sp³-hybridized carbons (Fsp3) is 0.316. The Hall–Kier alpha value is -2.52. The number of carbonyl (C=O) groups excluding carboxylic acids is 1. The zero-order valence-electron chi connectivity index (χ0n) is 15.8. The molecule has 1 aliphatic rings. The molecule has 0 spiro atoms. The molecule has 0 saturated heterocycles. The third-order valence-electron chi connectivity index (χ3n) is 4.48. The molecule has 1 amide bonds. The number of aromatic nitrogens is 1. The fourth-order valence-corrected chi connectivity index (χ4v) is 4.83. The molecule has 28 heavy (non-hydrogen) atoms. The van der Waals surface area contributed by atoms with Gasteiger partial charge in [-0.1, -0.05) is 43.8 Å². The summed E-state index contributed by atoms with van der Waals surface area (Å²) in [5, 5.41) is 19.2. The number of nitrogens with one attached hydrogen (secondary N) is 3. The summed E-state index contributed by atoms with van der Waals surface area (Å²) in [6.07, 6.45) is 2.89. The van der Waals surface area contributed by atoms with Crippen LogP contribution in [0.3, 0.4) is 0 Å². The van der Waals surface area contributed by atoms with Crippen LogP contribution in [0, 0.1) is 6.92 Å². The zero-order valence-corrected chi connectivity index (χ0v) is 17.5. The fourth-order valence-electron chi connectivity index (χ4n) is 2.90. The molecule has 0 bridgehead atoms. The Labute approximate surface area is 171 Å². The molecule has 1 atom stereocenters. The molecule has 1 aliphatic heterocycles. The van der Waals surface area contributed by atoms with E-state index in [1.54, 1.807) is 6.92 Å². The monoisotopic (exact) mass is 418 g/mol. The van der Waals surface area contributed by atoms with Crippen LogP contribution >= 0.6 is 23.3 Å². The molecular formula is C19H22N4O3S2. The first-order chi connectivity index (χ1) is 13.4. The van der Waals surface area contributed by atoms with Gasteiger partial charge in [0.25, 0.3) is 5.91 Å². The van der Waals surface area contributed by atoms with Crippen molar-refractivity contribution in [2.24, 2.45) is 0 Å². The molecule has 1 aromatic heterocycles. The molecule has 2 heterocycles. The van der Waals surface area contributed by atoms with Gasteiger partial charge in [0.15, 0.2) is 4.99 Å². The van der Waals surface area contributed by atoms with Gasteiger partial charge in [-0.25, -0.2) is 4.79 Å². The second kappa shape index (κ2) is 8.24. The minimum absolute atomic E-state index is 0.221. The summed E-state index contributed by atoms with van der Waals surface area (Å²) in [5.74, 6) is -1.22. The van der Waals surface area contributed by atoms with E-state index in [1.807, 2.05) is 38.1 Å². The third kappa shape index (κ3) is 4.00. The lowest BCUT2D eigenvalue weighted by Gasteiger charge is -2.29. The topological polar surface area (TPSA) is 103 Å². The molecule has 4 N–H and O–H groups in total. The van der Waals surface area contributed by atoms with Crippen LogP contribution in [0.2, 0.25) is 0 Å². The molecule has 148 valence electrons. The van der Waals surface area contributed by atoms with Gasteiger partial charge in [0.1, 0.15) is 9.91 Å². The molecule has 0 fully saturated rings. The Morgan fingerprint density at radius 2 is 2.04 bits per heavy atom. The molecule has 0 saturated carbocycles. The Kier molecular flexibility index (Phi) is 5.95. The molecule has 1 unspecified atom stereocenters. The summed E-state index contributed by atoms with van der Waals surface area (Å²) in [6.45, 7) is 5.77. The number of benzene rings is 1. The van der Waals surface area contributed by atoms with Crippen LogP contribution in [0.25, 0.3) is 0 Å². The van der Waals surface area contributed by atoms with E-state index < -0.39 is 11.0 Å². The lowest BCUT2D eigenvalue weighted by atomic mass is 10.1. The number of aryl methyl sites for hydroxylation is 2. The molecular weight excluding hydrogens is 396 g/mol. The number of nitrogens with zero attached hydrogens (tertiary/aromatic N) is 1. The van der Waals surface area contributed by atoms with Crippen molar-refractivity contribution in [2.45, 2.75) is 38.6 Å². The molecule has 0 aliphatic carbocycles. The highest BCUT2D eigenvalue weighted by Gasteiger charge is 2.38. The summed E-state index contributed by atoms with van der Waals surface area (Å²) >= 11 is 2.38. The van der Waals surface area contributed by atoms with Crippen molar-refractivity contribution in [3.63, 3.8) is 0 Å². The second-order valence-electron chi connectivity index (χ2n) is 6.30.